The molecule has 136 valence electrons. The van der Waals surface area contributed by atoms with Gasteiger partial charge in [0.2, 0.25) is 0 Å². The molecule has 1 saturated heterocycles. The first-order valence-corrected chi connectivity index (χ1v) is 8.33. The van der Waals surface area contributed by atoms with Crippen LogP contribution in [0, 0.1) is 27.2 Å². The van der Waals surface area contributed by atoms with Crippen LogP contribution in [0.3, 0.4) is 0 Å². The molecule has 0 unspecified atom stereocenters. The second-order valence-corrected chi connectivity index (χ2v) is 6.31. The standard InChI is InChI=1S/C18H19N3O5/c1-12-4-6-13(7-5-12)18-16(3-2-10-26-18)19-15-9-8-14(20(22)23)11-17(15)21(24)25/h4-9,11,16,18-19H,2-3,10H2,1H3/t16-,18+/m0/s1. The Labute approximate surface area is 150 Å². The fourth-order valence-corrected chi connectivity index (χ4v) is 3.12. The third-order valence-electron chi connectivity index (χ3n) is 4.46. The zero-order valence-corrected chi connectivity index (χ0v) is 14.3. The Balaban J connectivity index is 1.89. The van der Waals surface area contributed by atoms with Crippen LogP contribution in [0.4, 0.5) is 17.1 Å². The van der Waals surface area contributed by atoms with Crippen molar-refractivity contribution in [3.8, 4) is 0 Å². The van der Waals surface area contributed by atoms with Crippen LogP contribution >= 0.6 is 0 Å². The zero-order chi connectivity index (χ0) is 18.7. The van der Waals surface area contributed by atoms with Gasteiger partial charge in [0.25, 0.3) is 11.4 Å². The summed E-state index contributed by atoms with van der Waals surface area (Å²) in [6, 6.07) is 11.4. The number of nitro benzene ring substituents is 2. The first-order valence-electron chi connectivity index (χ1n) is 8.33. The molecule has 0 amide bonds. The maximum Gasteiger partial charge on any atom is 0.299 e. The van der Waals surface area contributed by atoms with Crippen LogP contribution in [0.5, 0.6) is 0 Å². The number of non-ortho nitro benzene ring substituents is 1. The van der Waals surface area contributed by atoms with E-state index in [1.165, 1.54) is 12.1 Å². The molecule has 0 radical (unpaired) electrons. The van der Waals surface area contributed by atoms with Gasteiger partial charge in [-0.3, -0.25) is 20.2 Å². The average molecular weight is 357 g/mol. The third-order valence-corrected chi connectivity index (χ3v) is 4.46. The Morgan fingerprint density at radius 1 is 1.08 bits per heavy atom. The van der Waals surface area contributed by atoms with Gasteiger partial charge in [-0.15, -0.1) is 0 Å². The van der Waals surface area contributed by atoms with Crippen LogP contribution in [-0.4, -0.2) is 22.5 Å². The molecule has 0 aliphatic carbocycles. The van der Waals surface area contributed by atoms with Gasteiger partial charge in [-0.25, -0.2) is 0 Å². The molecule has 0 saturated carbocycles. The van der Waals surface area contributed by atoms with Crippen molar-refractivity contribution < 1.29 is 14.6 Å². The Morgan fingerprint density at radius 2 is 1.81 bits per heavy atom. The molecule has 8 nitrogen and oxygen atoms in total. The molecule has 0 spiro atoms. The minimum atomic E-state index is -0.643. The van der Waals surface area contributed by atoms with Crippen LogP contribution in [-0.2, 0) is 4.74 Å². The lowest BCUT2D eigenvalue weighted by Crippen LogP contribution is -2.34. The lowest BCUT2D eigenvalue weighted by atomic mass is 9.95. The predicted octanol–water partition coefficient (Wildman–Crippen LogP) is 4.14. The van der Waals surface area contributed by atoms with E-state index in [4.69, 9.17) is 4.74 Å². The predicted molar refractivity (Wildman–Crippen MR) is 96.3 cm³/mol. The van der Waals surface area contributed by atoms with Crippen molar-refractivity contribution in [3.05, 3.63) is 73.8 Å². The van der Waals surface area contributed by atoms with Crippen molar-refractivity contribution in [2.24, 2.45) is 0 Å². The summed E-state index contributed by atoms with van der Waals surface area (Å²) in [7, 11) is 0. The zero-order valence-electron chi connectivity index (χ0n) is 14.3. The lowest BCUT2D eigenvalue weighted by Gasteiger charge is -2.33. The quantitative estimate of drug-likeness (QED) is 0.636. The highest BCUT2D eigenvalue weighted by Crippen LogP contribution is 2.35. The Hall–Kier alpha value is -3.00. The Bertz CT molecular complexity index is 822. The van der Waals surface area contributed by atoms with Gasteiger partial charge in [-0.1, -0.05) is 29.8 Å². The normalized spacial score (nSPS) is 19.7. The fraction of sp³-hybridized carbons (Fsp3) is 0.333. The highest BCUT2D eigenvalue weighted by Gasteiger charge is 2.30. The Morgan fingerprint density at radius 3 is 2.46 bits per heavy atom. The number of aryl methyl sites for hydroxylation is 1. The van der Waals surface area contributed by atoms with E-state index in [1.54, 1.807) is 0 Å². The molecule has 1 aliphatic rings. The van der Waals surface area contributed by atoms with Crippen molar-refractivity contribution in [1.29, 1.82) is 0 Å². The summed E-state index contributed by atoms with van der Waals surface area (Å²) in [5.41, 5.74) is 1.77. The number of hydrogen-bond acceptors (Lipinski definition) is 6. The van der Waals surface area contributed by atoms with Gasteiger partial charge in [0.05, 0.1) is 22.0 Å². The van der Waals surface area contributed by atoms with E-state index in [9.17, 15) is 20.2 Å². The molecule has 1 N–H and O–H groups in total. The van der Waals surface area contributed by atoms with Crippen molar-refractivity contribution in [1.82, 2.24) is 0 Å². The monoisotopic (exact) mass is 357 g/mol. The van der Waals surface area contributed by atoms with Crippen LogP contribution in [0.25, 0.3) is 0 Å². The Kier molecular flexibility index (Phi) is 5.13. The number of nitro groups is 2. The minimum absolute atomic E-state index is 0.161. The number of nitrogens with one attached hydrogen (secondary N) is 1. The molecule has 2 atom stereocenters. The lowest BCUT2D eigenvalue weighted by molar-refractivity contribution is -0.393. The summed E-state index contributed by atoms with van der Waals surface area (Å²) in [6.07, 6.45) is 1.38. The number of ether oxygens (including phenoxy) is 1. The fourth-order valence-electron chi connectivity index (χ4n) is 3.12. The molecule has 1 fully saturated rings. The van der Waals surface area contributed by atoms with Gasteiger partial charge in [-0.2, -0.15) is 0 Å². The van der Waals surface area contributed by atoms with E-state index in [1.807, 2.05) is 31.2 Å². The third kappa shape index (κ3) is 3.80. The van der Waals surface area contributed by atoms with E-state index in [0.717, 1.165) is 30.0 Å². The van der Waals surface area contributed by atoms with Crippen molar-refractivity contribution >= 4 is 17.1 Å². The van der Waals surface area contributed by atoms with Crippen LogP contribution in [0.15, 0.2) is 42.5 Å². The first-order chi connectivity index (χ1) is 12.5. The SMILES string of the molecule is Cc1ccc([C@H]2OCCC[C@@H]2Nc2ccc([N+](=O)[O-])cc2[N+](=O)[O-])cc1. The maximum absolute atomic E-state index is 11.3. The number of hydrogen-bond donors (Lipinski definition) is 1. The molecule has 0 aromatic heterocycles. The topological polar surface area (TPSA) is 108 Å². The van der Waals surface area contributed by atoms with Gasteiger partial charge in [0.1, 0.15) is 11.8 Å². The van der Waals surface area contributed by atoms with Crippen molar-refractivity contribution in [2.45, 2.75) is 31.9 Å². The van der Waals surface area contributed by atoms with Gasteiger partial charge in [-0.05, 0) is 31.4 Å². The van der Waals surface area contributed by atoms with Gasteiger partial charge < -0.3 is 10.1 Å². The summed E-state index contributed by atoms with van der Waals surface area (Å²) >= 11 is 0. The van der Waals surface area contributed by atoms with Crippen LogP contribution in [0.2, 0.25) is 0 Å². The summed E-state index contributed by atoms with van der Waals surface area (Å²) < 4.78 is 5.91. The highest BCUT2D eigenvalue weighted by atomic mass is 16.6. The second kappa shape index (κ2) is 7.49. The smallest absolute Gasteiger partial charge is 0.299 e. The summed E-state index contributed by atoms with van der Waals surface area (Å²) in [4.78, 5) is 21.0. The van der Waals surface area contributed by atoms with E-state index in [0.29, 0.717) is 6.61 Å². The maximum atomic E-state index is 11.3. The number of anilines is 1. The van der Waals surface area contributed by atoms with Crippen LogP contribution in [0.1, 0.15) is 30.1 Å². The number of benzene rings is 2. The molecule has 2 aromatic carbocycles. The highest BCUT2D eigenvalue weighted by molar-refractivity contribution is 5.65. The number of rotatable bonds is 5. The largest absolute Gasteiger partial charge is 0.374 e. The molecule has 2 aromatic rings. The average Bonchev–Trinajstić information content (AvgIpc) is 2.63. The minimum Gasteiger partial charge on any atom is -0.374 e. The summed E-state index contributed by atoms with van der Waals surface area (Å²) in [5.74, 6) is 0. The molecule has 3 rings (SSSR count). The van der Waals surface area contributed by atoms with E-state index < -0.39 is 9.85 Å². The van der Waals surface area contributed by atoms with Gasteiger partial charge in [0.15, 0.2) is 0 Å². The van der Waals surface area contributed by atoms with E-state index in [-0.39, 0.29) is 29.2 Å². The van der Waals surface area contributed by atoms with Crippen LogP contribution < -0.4 is 5.32 Å². The molecular weight excluding hydrogens is 338 g/mol. The molecule has 0 bridgehead atoms. The van der Waals surface area contributed by atoms with Crippen molar-refractivity contribution in [2.75, 3.05) is 11.9 Å². The van der Waals surface area contributed by atoms with Gasteiger partial charge >= 0.3 is 0 Å². The number of nitrogens with zero attached hydrogens (tertiary/aromatic N) is 2. The molecule has 26 heavy (non-hydrogen) atoms. The molecule has 1 heterocycles. The summed E-state index contributed by atoms with van der Waals surface area (Å²) in [6.45, 7) is 2.63. The van der Waals surface area contributed by atoms with Crippen molar-refractivity contribution in [3.63, 3.8) is 0 Å². The molecule has 1 aliphatic heterocycles. The second-order valence-electron chi connectivity index (χ2n) is 6.31. The molecular formula is C18H19N3O5. The summed E-state index contributed by atoms with van der Waals surface area (Å²) in [5, 5.41) is 25.4. The van der Waals surface area contributed by atoms with E-state index in [2.05, 4.69) is 5.32 Å². The first kappa shape index (κ1) is 17.8. The van der Waals surface area contributed by atoms with Gasteiger partial charge in [0, 0.05) is 12.7 Å². The molecule has 8 heteroatoms. The van der Waals surface area contributed by atoms with E-state index >= 15 is 0 Å².